The zero-order chi connectivity index (χ0) is 21.8. The van der Waals surface area contributed by atoms with Crippen molar-refractivity contribution in [1.29, 1.82) is 0 Å². The van der Waals surface area contributed by atoms with E-state index in [0.29, 0.717) is 11.5 Å². The summed E-state index contributed by atoms with van der Waals surface area (Å²) in [6.07, 6.45) is 2.99. The Balaban J connectivity index is 0.00000228. The fourth-order valence-corrected chi connectivity index (χ4v) is 4.75. The molecular formula is C26H21ClFNO4. The minimum Gasteiger partial charge on any atom is -1.00 e. The molecule has 6 rings (SSSR count). The summed E-state index contributed by atoms with van der Waals surface area (Å²) >= 11 is 0. The van der Waals surface area contributed by atoms with E-state index in [1.807, 2.05) is 12.1 Å². The Morgan fingerprint density at radius 3 is 2.48 bits per heavy atom. The smallest absolute Gasteiger partial charge is 0.231 e. The summed E-state index contributed by atoms with van der Waals surface area (Å²) in [4.78, 5) is 0. The van der Waals surface area contributed by atoms with Gasteiger partial charge in [-0.2, -0.15) is 4.57 Å². The SMILES string of the molecule is COc1cc(-c2cccc(F)c2)c2cc3[n+](cc2c1OC)CCc1cc2c(cc1-3)OCO2.[Cl-]. The number of ether oxygens (including phenoxy) is 4. The molecule has 2 aliphatic heterocycles. The highest BCUT2D eigenvalue weighted by atomic mass is 35.5. The highest BCUT2D eigenvalue weighted by molar-refractivity contribution is 6.02. The topological polar surface area (TPSA) is 40.8 Å². The molecule has 0 saturated carbocycles. The summed E-state index contributed by atoms with van der Waals surface area (Å²) in [5.74, 6) is 2.55. The molecule has 0 aliphatic carbocycles. The average molecular weight is 466 g/mol. The quantitative estimate of drug-likeness (QED) is 0.433. The van der Waals surface area contributed by atoms with Crippen LogP contribution in [0.25, 0.3) is 33.2 Å². The second kappa shape index (κ2) is 8.12. The summed E-state index contributed by atoms with van der Waals surface area (Å²) in [5.41, 5.74) is 5.07. The molecule has 0 unspecified atom stereocenters. The predicted molar refractivity (Wildman–Crippen MR) is 118 cm³/mol. The maximum absolute atomic E-state index is 14.1. The van der Waals surface area contributed by atoms with Crippen molar-refractivity contribution >= 4 is 10.8 Å². The third kappa shape index (κ3) is 3.33. The van der Waals surface area contributed by atoms with Gasteiger partial charge in [-0.1, -0.05) is 12.1 Å². The van der Waals surface area contributed by atoms with Gasteiger partial charge in [0.2, 0.25) is 12.5 Å². The number of aryl methyl sites for hydroxylation is 2. The van der Waals surface area contributed by atoms with Crippen LogP contribution in [0, 0.1) is 5.82 Å². The molecule has 0 saturated heterocycles. The number of hydrogen-bond acceptors (Lipinski definition) is 4. The van der Waals surface area contributed by atoms with Crippen molar-refractivity contribution < 1.29 is 40.3 Å². The summed E-state index contributed by atoms with van der Waals surface area (Å²) < 4.78 is 38.9. The highest BCUT2D eigenvalue weighted by Gasteiger charge is 2.29. The molecule has 4 aromatic rings. The zero-order valence-corrected chi connectivity index (χ0v) is 18.9. The van der Waals surface area contributed by atoms with Gasteiger partial charge >= 0.3 is 0 Å². The van der Waals surface area contributed by atoms with E-state index in [9.17, 15) is 4.39 Å². The van der Waals surface area contributed by atoms with Crippen LogP contribution < -0.4 is 35.9 Å². The third-order valence-electron chi connectivity index (χ3n) is 6.26. The first-order valence-electron chi connectivity index (χ1n) is 10.5. The Morgan fingerprint density at radius 2 is 1.73 bits per heavy atom. The van der Waals surface area contributed by atoms with Crippen molar-refractivity contribution in [3.63, 3.8) is 0 Å². The monoisotopic (exact) mass is 465 g/mol. The van der Waals surface area contributed by atoms with E-state index in [1.165, 1.54) is 11.6 Å². The molecule has 3 heterocycles. The van der Waals surface area contributed by atoms with Crippen LogP contribution >= 0.6 is 0 Å². The molecule has 1 aromatic heterocycles. The minimum absolute atomic E-state index is 0. The second-order valence-electron chi connectivity index (χ2n) is 7.96. The molecule has 0 spiro atoms. The number of methoxy groups -OCH3 is 2. The Bertz CT molecular complexity index is 1410. The Morgan fingerprint density at radius 1 is 0.909 bits per heavy atom. The molecule has 0 amide bonds. The van der Waals surface area contributed by atoms with Crippen LogP contribution in [-0.2, 0) is 13.0 Å². The van der Waals surface area contributed by atoms with Crippen LogP contribution in [0.4, 0.5) is 4.39 Å². The average Bonchev–Trinajstić information content (AvgIpc) is 3.28. The van der Waals surface area contributed by atoms with Crippen molar-refractivity contribution in [2.75, 3.05) is 21.0 Å². The molecule has 0 radical (unpaired) electrons. The lowest BCUT2D eigenvalue weighted by atomic mass is 9.92. The lowest BCUT2D eigenvalue weighted by Crippen LogP contribution is -3.00. The minimum atomic E-state index is -0.282. The van der Waals surface area contributed by atoms with Gasteiger partial charge in [-0.15, -0.1) is 0 Å². The fourth-order valence-electron chi connectivity index (χ4n) is 4.75. The number of fused-ring (bicyclic) bond motifs is 5. The third-order valence-corrected chi connectivity index (χ3v) is 6.26. The van der Waals surface area contributed by atoms with Crippen molar-refractivity contribution in [1.82, 2.24) is 0 Å². The Hall–Kier alpha value is -3.51. The normalized spacial score (nSPS) is 13.2. The fraction of sp³-hybridized carbons (Fsp3) is 0.192. The van der Waals surface area contributed by atoms with E-state index < -0.39 is 0 Å². The van der Waals surface area contributed by atoms with Crippen LogP contribution in [0.5, 0.6) is 23.0 Å². The lowest BCUT2D eigenvalue weighted by Gasteiger charge is -2.19. The van der Waals surface area contributed by atoms with Crippen LogP contribution in [0.3, 0.4) is 0 Å². The van der Waals surface area contributed by atoms with E-state index in [2.05, 4.69) is 29.0 Å². The summed E-state index contributed by atoms with van der Waals surface area (Å²) in [6, 6.07) is 14.8. The number of benzene rings is 3. The van der Waals surface area contributed by atoms with Gasteiger partial charge in [-0.25, -0.2) is 4.39 Å². The number of pyridine rings is 1. The number of halogens is 2. The molecule has 7 heteroatoms. The van der Waals surface area contributed by atoms with Crippen molar-refractivity contribution in [2.24, 2.45) is 0 Å². The van der Waals surface area contributed by atoms with E-state index in [0.717, 1.165) is 57.6 Å². The van der Waals surface area contributed by atoms with E-state index in [4.69, 9.17) is 18.9 Å². The maximum atomic E-state index is 14.1. The standard InChI is InChI=1S/C26H21FNO4.ClH/c1-29-25-11-18(15-4-3-5-17(27)8-15)20-10-22-19-12-24-23(31-14-32-24)9-16(19)6-7-28(22)13-21(20)26(25)30-2;/h3-5,8-13H,6-7,14H2,1-2H3;1H/q+1;/p-1. The first kappa shape index (κ1) is 21.3. The zero-order valence-electron chi connectivity index (χ0n) is 18.2. The number of nitrogens with zero attached hydrogens (tertiary/aromatic N) is 1. The van der Waals surface area contributed by atoms with Gasteiger partial charge in [-0.05, 0) is 47.0 Å². The van der Waals surface area contributed by atoms with Gasteiger partial charge in [0.05, 0.1) is 25.2 Å². The van der Waals surface area contributed by atoms with E-state index in [-0.39, 0.29) is 25.0 Å². The Labute approximate surface area is 196 Å². The van der Waals surface area contributed by atoms with Gasteiger partial charge in [0.25, 0.3) is 0 Å². The molecule has 2 aliphatic rings. The molecule has 0 bridgehead atoms. The van der Waals surface area contributed by atoms with E-state index >= 15 is 0 Å². The molecule has 3 aromatic carbocycles. The van der Waals surface area contributed by atoms with Crippen LogP contribution in [0.15, 0.2) is 54.7 Å². The first-order chi connectivity index (χ1) is 15.7. The van der Waals surface area contributed by atoms with Crippen molar-refractivity contribution in [2.45, 2.75) is 13.0 Å². The number of rotatable bonds is 3. The molecular weight excluding hydrogens is 445 g/mol. The summed E-state index contributed by atoms with van der Waals surface area (Å²) in [5, 5.41) is 1.88. The number of hydrogen-bond donors (Lipinski definition) is 0. The van der Waals surface area contributed by atoms with Crippen LogP contribution in [-0.4, -0.2) is 21.0 Å². The number of aromatic nitrogens is 1. The largest absolute Gasteiger partial charge is 1.00 e. The second-order valence-corrected chi connectivity index (χ2v) is 7.96. The van der Waals surface area contributed by atoms with Gasteiger partial charge < -0.3 is 31.4 Å². The predicted octanol–water partition coefficient (Wildman–Crippen LogP) is 1.91. The lowest BCUT2D eigenvalue weighted by molar-refractivity contribution is -0.686. The maximum Gasteiger partial charge on any atom is 0.231 e. The summed E-state index contributed by atoms with van der Waals surface area (Å²) in [6.45, 7) is 1.07. The van der Waals surface area contributed by atoms with Crippen LogP contribution in [0.2, 0.25) is 0 Å². The van der Waals surface area contributed by atoms with Crippen molar-refractivity contribution in [3.05, 3.63) is 66.1 Å². The molecule has 0 N–H and O–H groups in total. The molecule has 0 fully saturated rings. The van der Waals surface area contributed by atoms with Gasteiger partial charge in [0.15, 0.2) is 35.7 Å². The van der Waals surface area contributed by atoms with Gasteiger partial charge in [0.1, 0.15) is 5.82 Å². The highest BCUT2D eigenvalue weighted by Crippen LogP contribution is 2.44. The molecule has 168 valence electrons. The van der Waals surface area contributed by atoms with Crippen LogP contribution in [0.1, 0.15) is 5.56 Å². The summed E-state index contributed by atoms with van der Waals surface area (Å²) in [7, 11) is 3.25. The van der Waals surface area contributed by atoms with Crippen molar-refractivity contribution in [3.8, 4) is 45.4 Å². The molecule has 33 heavy (non-hydrogen) atoms. The Kier molecular flexibility index (Phi) is 5.25. The molecule has 0 atom stereocenters. The first-order valence-corrected chi connectivity index (χ1v) is 10.5. The van der Waals surface area contributed by atoms with Gasteiger partial charge in [0, 0.05) is 17.9 Å². The van der Waals surface area contributed by atoms with E-state index in [1.54, 1.807) is 26.4 Å². The van der Waals surface area contributed by atoms with Gasteiger partial charge in [-0.3, -0.25) is 0 Å². The molecule has 5 nitrogen and oxygen atoms in total.